The number of nitrogens with two attached hydrogens (primary N) is 1. The molecule has 1 aromatic heterocycles. The summed E-state index contributed by atoms with van der Waals surface area (Å²) in [6.45, 7) is 5.25. The van der Waals surface area contributed by atoms with E-state index in [1.165, 1.54) is 11.2 Å². The highest BCUT2D eigenvalue weighted by atomic mass is 35.5. The van der Waals surface area contributed by atoms with Gasteiger partial charge < -0.3 is 15.2 Å². The van der Waals surface area contributed by atoms with Gasteiger partial charge in [0.2, 0.25) is 0 Å². The van der Waals surface area contributed by atoms with Crippen molar-refractivity contribution in [3.63, 3.8) is 0 Å². The van der Waals surface area contributed by atoms with Crippen molar-refractivity contribution in [2.75, 3.05) is 18.9 Å². The lowest BCUT2D eigenvalue weighted by Crippen LogP contribution is -2.42. The van der Waals surface area contributed by atoms with Crippen LogP contribution in [0.3, 0.4) is 0 Å². The van der Waals surface area contributed by atoms with Crippen LogP contribution in [0.4, 0.5) is 15.0 Å². The number of halogens is 2. The van der Waals surface area contributed by atoms with Crippen LogP contribution in [-0.2, 0) is 4.74 Å². The first-order valence-corrected chi connectivity index (χ1v) is 7.57. The van der Waals surface area contributed by atoms with E-state index >= 15 is 0 Å². The van der Waals surface area contributed by atoms with E-state index in [1.54, 1.807) is 20.8 Å². The van der Waals surface area contributed by atoms with Crippen LogP contribution in [-0.4, -0.2) is 51.9 Å². The minimum Gasteiger partial charge on any atom is -0.485 e. The summed E-state index contributed by atoms with van der Waals surface area (Å²) in [7, 11) is 0. The Balaban J connectivity index is 2.04. The van der Waals surface area contributed by atoms with Crippen LogP contribution in [0, 0.1) is 0 Å². The number of hydrogen-bond donors (Lipinski definition) is 1. The molecule has 2 atom stereocenters. The molecular formula is C14H20ClFN4O3. The van der Waals surface area contributed by atoms with E-state index in [4.69, 9.17) is 26.8 Å². The fraction of sp³-hybridized carbons (Fsp3) is 0.643. The molecule has 1 amide bonds. The smallest absolute Gasteiger partial charge is 0.410 e. The molecule has 1 saturated heterocycles. The van der Waals surface area contributed by atoms with Gasteiger partial charge in [-0.2, -0.15) is 0 Å². The Morgan fingerprint density at radius 3 is 2.83 bits per heavy atom. The number of nitrogen functional groups attached to an aromatic ring is 1. The summed E-state index contributed by atoms with van der Waals surface area (Å²) in [6.07, 6.45) is -0.333. The Hall–Kier alpha value is -1.83. The summed E-state index contributed by atoms with van der Waals surface area (Å²) in [6, 6.07) is -0.476. The largest absolute Gasteiger partial charge is 0.485 e. The molecule has 2 rings (SSSR count). The van der Waals surface area contributed by atoms with E-state index in [2.05, 4.69) is 9.97 Å². The molecule has 1 aliphatic rings. The Kier molecular flexibility index (Phi) is 5.13. The number of rotatable bonds is 3. The lowest BCUT2D eigenvalue weighted by molar-refractivity contribution is 0.0181. The fourth-order valence-corrected chi connectivity index (χ4v) is 2.43. The first-order valence-electron chi connectivity index (χ1n) is 7.20. The van der Waals surface area contributed by atoms with Crippen LogP contribution >= 0.6 is 11.6 Å². The zero-order chi connectivity index (χ0) is 17.2. The summed E-state index contributed by atoms with van der Waals surface area (Å²) in [5, 5.41) is 0.0658. The average Bonchev–Trinajstić information content (AvgIpc) is 2.77. The topological polar surface area (TPSA) is 90.6 Å². The maximum atomic E-state index is 13.7. The predicted octanol–water partition coefficient (Wildman–Crippen LogP) is 2.44. The number of ether oxygens (including phenoxy) is 2. The molecule has 0 aromatic carbocycles. The van der Waals surface area contributed by atoms with Crippen LogP contribution in [0.5, 0.6) is 5.75 Å². The second-order valence-corrected chi connectivity index (χ2v) is 6.67. The first kappa shape index (κ1) is 17.5. The van der Waals surface area contributed by atoms with E-state index in [1.807, 2.05) is 0 Å². The van der Waals surface area contributed by atoms with Gasteiger partial charge in [-0.15, -0.1) is 0 Å². The van der Waals surface area contributed by atoms with Crippen molar-refractivity contribution in [1.82, 2.24) is 14.9 Å². The highest BCUT2D eigenvalue weighted by molar-refractivity contribution is 6.31. The van der Waals surface area contributed by atoms with Crippen molar-refractivity contribution in [1.29, 1.82) is 0 Å². The molecule has 0 saturated carbocycles. The standard InChI is InChI=1S/C14H20ClFN4O3/c1-14(2,3)23-13(21)20-5-8(16)4-9(20)6-22-10-11(15)18-7-19-12(10)17/h7-9H,4-6H2,1-3H3,(H2,17,18,19)/t8-,9+/m1/s1. The van der Waals surface area contributed by atoms with E-state index in [0.717, 1.165) is 0 Å². The van der Waals surface area contributed by atoms with Gasteiger partial charge in [-0.05, 0) is 20.8 Å². The summed E-state index contributed by atoms with van der Waals surface area (Å²) in [5.41, 5.74) is 5.02. The van der Waals surface area contributed by atoms with Crippen LogP contribution in [0.2, 0.25) is 5.15 Å². The van der Waals surface area contributed by atoms with Crippen molar-refractivity contribution < 1.29 is 18.7 Å². The lowest BCUT2D eigenvalue weighted by Gasteiger charge is -2.28. The summed E-state index contributed by atoms with van der Waals surface area (Å²) in [5.74, 6) is 0.212. The molecule has 0 bridgehead atoms. The molecule has 0 aliphatic carbocycles. The van der Waals surface area contributed by atoms with E-state index < -0.39 is 23.9 Å². The third kappa shape index (κ3) is 4.57. The van der Waals surface area contributed by atoms with E-state index in [9.17, 15) is 9.18 Å². The van der Waals surface area contributed by atoms with Crippen molar-refractivity contribution in [2.45, 2.75) is 45.0 Å². The number of hydrogen-bond acceptors (Lipinski definition) is 6. The second kappa shape index (κ2) is 6.74. The number of likely N-dealkylation sites (tertiary alicyclic amines) is 1. The average molecular weight is 347 g/mol. The quantitative estimate of drug-likeness (QED) is 0.845. The lowest BCUT2D eigenvalue weighted by atomic mass is 10.2. The van der Waals surface area contributed by atoms with Crippen LogP contribution in [0.1, 0.15) is 27.2 Å². The predicted molar refractivity (Wildman–Crippen MR) is 83.2 cm³/mol. The first-order chi connectivity index (χ1) is 10.7. The van der Waals surface area contributed by atoms with Gasteiger partial charge in [0.05, 0.1) is 12.6 Å². The number of amides is 1. The SMILES string of the molecule is CC(C)(C)OC(=O)N1C[C@H](F)C[C@H]1COc1c(N)ncnc1Cl. The van der Waals surface area contributed by atoms with Crippen molar-refractivity contribution in [3.05, 3.63) is 11.5 Å². The molecule has 1 aromatic rings. The van der Waals surface area contributed by atoms with Gasteiger partial charge in [-0.1, -0.05) is 11.6 Å². The fourth-order valence-electron chi connectivity index (χ4n) is 2.24. The number of aromatic nitrogens is 2. The van der Waals surface area contributed by atoms with Crippen molar-refractivity contribution in [2.24, 2.45) is 0 Å². The monoisotopic (exact) mass is 346 g/mol. The number of nitrogens with zero attached hydrogens (tertiary/aromatic N) is 3. The van der Waals surface area contributed by atoms with Crippen LogP contribution in [0.25, 0.3) is 0 Å². The number of anilines is 1. The molecule has 9 heteroatoms. The zero-order valence-electron chi connectivity index (χ0n) is 13.3. The number of carbonyl (C=O) groups is 1. The van der Waals surface area contributed by atoms with Gasteiger partial charge >= 0.3 is 6.09 Å². The van der Waals surface area contributed by atoms with Gasteiger partial charge in [-0.3, -0.25) is 4.90 Å². The zero-order valence-corrected chi connectivity index (χ0v) is 14.0. The molecule has 23 heavy (non-hydrogen) atoms. The number of alkyl halides is 1. The third-order valence-electron chi connectivity index (χ3n) is 3.20. The minimum absolute atomic E-state index is 0.0248. The van der Waals surface area contributed by atoms with E-state index in [0.29, 0.717) is 0 Å². The Labute approximate surface area is 138 Å². The highest BCUT2D eigenvalue weighted by Gasteiger charge is 2.38. The van der Waals surface area contributed by atoms with Crippen LogP contribution in [0.15, 0.2) is 6.33 Å². The minimum atomic E-state index is -1.13. The summed E-state index contributed by atoms with van der Waals surface area (Å²) < 4.78 is 24.5. The molecule has 0 spiro atoms. The van der Waals surface area contributed by atoms with E-state index in [-0.39, 0.29) is 36.3 Å². The molecule has 2 N–H and O–H groups in total. The Morgan fingerprint density at radius 1 is 1.52 bits per heavy atom. The molecule has 1 aliphatic heterocycles. The number of carbonyl (C=O) groups excluding carboxylic acids is 1. The van der Waals surface area contributed by atoms with Crippen molar-refractivity contribution >= 4 is 23.5 Å². The third-order valence-corrected chi connectivity index (χ3v) is 3.47. The molecule has 2 heterocycles. The molecule has 0 radical (unpaired) electrons. The maximum absolute atomic E-state index is 13.7. The molecule has 128 valence electrons. The molecule has 1 fully saturated rings. The second-order valence-electron chi connectivity index (χ2n) is 6.31. The Morgan fingerprint density at radius 2 is 2.22 bits per heavy atom. The maximum Gasteiger partial charge on any atom is 0.410 e. The van der Waals surface area contributed by atoms with Crippen molar-refractivity contribution in [3.8, 4) is 5.75 Å². The van der Waals surface area contributed by atoms with Gasteiger partial charge in [0.15, 0.2) is 16.7 Å². The molecular weight excluding hydrogens is 327 g/mol. The summed E-state index contributed by atoms with van der Waals surface area (Å²) >= 11 is 5.89. The summed E-state index contributed by atoms with van der Waals surface area (Å²) in [4.78, 5) is 21.0. The van der Waals surface area contributed by atoms with Gasteiger partial charge in [0, 0.05) is 6.42 Å². The Bertz CT molecular complexity index is 561. The van der Waals surface area contributed by atoms with Crippen LogP contribution < -0.4 is 10.5 Å². The highest BCUT2D eigenvalue weighted by Crippen LogP contribution is 2.29. The van der Waals surface area contributed by atoms with Gasteiger partial charge in [0.1, 0.15) is 24.7 Å². The van der Waals surface area contributed by atoms with Gasteiger partial charge in [-0.25, -0.2) is 19.2 Å². The van der Waals surface area contributed by atoms with Gasteiger partial charge in [0.25, 0.3) is 0 Å². The molecule has 7 nitrogen and oxygen atoms in total. The normalized spacial score (nSPS) is 21.3. The molecule has 0 unspecified atom stereocenters.